The Balaban J connectivity index is 2.49. The van der Waals surface area contributed by atoms with Crippen LogP contribution in [0.25, 0.3) is 0 Å². The summed E-state index contributed by atoms with van der Waals surface area (Å²) >= 11 is 0. The summed E-state index contributed by atoms with van der Waals surface area (Å²) < 4.78 is 5.50. The molecule has 1 rings (SSSR count). The highest BCUT2D eigenvalue weighted by atomic mass is 16.5. The number of hydrogen-bond donors (Lipinski definition) is 1. The van der Waals surface area contributed by atoms with Crippen LogP contribution in [0.4, 0.5) is 0 Å². The zero-order valence-electron chi connectivity index (χ0n) is 9.74. The summed E-state index contributed by atoms with van der Waals surface area (Å²) in [5, 5.41) is 0. The Kier molecular flexibility index (Phi) is 5.05. The lowest BCUT2D eigenvalue weighted by Crippen LogP contribution is -2.39. The highest BCUT2D eigenvalue weighted by Crippen LogP contribution is 2.11. The molecule has 2 unspecified atom stereocenters. The lowest BCUT2D eigenvalue weighted by atomic mass is 10.1. The zero-order valence-corrected chi connectivity index (χ0v) is 9.74. The minimum atomic E-state index is 0.0419. The molecular weight excluding hydrogens is 192 g/mol. The molecule has 2 atom stereocenters. The zero-order chi connectivity index (χ0) is 11.3. The molecule has 1 aliphatic heterocycles. The Morgan fingerprint density at radius 3 is 3.07 bits per heavy atom. The van der Waals surface area contributed by atoms with Gasteiger partial charge in [-0.3, -0.25) is 4.79 Å². The number of amides is 1. The van der Waals surface area contributed by atoms with E-state index in [2.05, 4.69) is 0 Å². The highest BCUT2D eigenvalue weighted by molar-refractivity contribution is 5.78. The number of carbonyl (C=O) groups excluding carboxylic acids is 1. The number of ether oxygens (including phenoxy) is 1. The molecule has 0 spiro atoms. The standard InChI is InChI=1S/C11H22N2O2/c1-9(4-5-12)11(14)13-6-3-7-15-10(2)8-13/h9-10H,3-8,12H2,1-2H3. The van der Waals surface area contributed by atoms with Crippen LogP contribution in [0.3, 0.4) is 0 Å². The molecule has 1 amide bonds. The van der Waals surface area contributed by atoms with Gasteiger partial charge in [-0.2, -0.15) is 0 Å². The third kappa shape index (κ3) is 3.80. The molecule has 0 aromatic heterocycles. The van der Waals surface area contributed by atoms with Gasteiger partial charge in [-0.15, -0.1) is 0 Å². The van der Waals surface area contributed by atoms with Crippen molar-refractivity contribution in [2.45, 2.75) is 32.8 Å². The normalized spacial score (nSPS) is 24.7. The van der Waals surface area contributed by atoms with Gasteiger partial charge >= 0.3 is 0 Å². The van der Waals surface area contributed by atoms with Crippen LogP contribution in [0.15, 0.2) is 0 Å². The number of nitrogens with zero attached hydrogens (tertiary/aromatic N) is 1. The van der Waals surface area contributed by atoms with E-state index in [1.54, 1.807) is 0 Å². The van der Waals surface area contributed by atoms with Crippen molar-refractivity contribution in [2.75, 3.05) is 26.2 Å². The van der Waals surface area contributed by atoms with Crippen LogP contribution in [0.2, 0.25) is 0 Å². The third-order valence-electron chi connectivity index (χ3n) is 2.79. The SMILES string of the molecule is CC1CN(C(=O)C(C)CCN)CCCO1. The van der Waals surface area contributed by atoms with Gasteiger partial charge in [-0.1, -0.05) is 6.92 Å². The van der Waals surface area contributed by atoms with Gasteiger partial charge in [0.05, 0.1) is 6.10 Å². The van der Waals surface area contributed by atoms with Crippen molar-refractivity contribution in [3.8, 4) is 0 Å². The number of hydrogen-bond acceptors (Lipinski definition) is 3. The minimum absolute atomic E-state index is 0.0419. The van der Waals surface area contributed by atoms with Crippen molar-refractivity contribution < 1.29 is 9.53 Å². The van der Waals surface area contributed by atoms with Gasteiger partial charge in [0.1, 0.15) is 0 Å². The van der Waals surface area contributed by atoms with Crippen molar-refractivity contribution in [1.82, 2.24) is 4.90 Å². The summed E-state index contributed by atoms with van der Waals surface area (Å²) in [6.07, 6.45) is 1.86. The van der Waals surface area contributed by atoms with Crippen molar-refractivity contribution in [2.24, 2.45) is 11.7 Å². The molecule has 4 heteroatoms. The quantitative estimate of drug-likeness (QED) is 0.749. The summed E-state index contributed by atoms with van der Waals surface area (Å²) in [5.74, 6) is 0.262. The Morgan fingerprint density at radius 1 is 1.67 bits per heavy atom. The maximum absolute atomic E-state index is 12.0. The van der Waals surface area contributed by atoms with Gasteiger partial charge in [0, 0.05) is 25.6 Å². The molecule has 88 valence electrons. The number of nitrogens with two attached hydrogens (primary N) is 1. The molecular formula is C11H22N2O2. The predicted molar refractivity (Wildman–Crippen MR) is 59.4 cm³/mol. The lowest BCUT2D eigenvalue weighted by Gasteiger charge is -2.25. The van der Waals surface area contributed by atoms with E-state index in [0.29, 0.717) is 13.1 Å². The largest absolute Gasteiger partial charge is 0.377 e. The Morgan fingerprint density at radius 2 is 2.40 bits per heavy atom. The van der Waals surface area contributed by atoms with E-state index in [-0.39, 0.29) is 17.9 Å². The molecule has 0 saturated carbocycles. The van der Waals surface area contributed by atoms with E-state index in [1.807, 2.05) is 18.7 Å². The first kappa shape index (κ1) is 12.5. The van der Waals surface area contributed by atoms with E-state index in [9.17, 15) is 4.79 Å². The molecule has 2 N–H and O–H groups in total. The summed E-state index contributed by atoms with van der Waals surface area (Å²) in [6.45, 7) is 6.83. The van der Waals surface area contributed by atoms with Crippen molar-refractivity contribution in [3.63, 3.8) is 0 Å². The fourth-order valence-corrected chi connectivity index (χ4v) is 1.88. The smallest absolute Gasteiger partial charge is 0.225 e. The van der Waals surface area contributed by atoms with E-state index < -0.39 is 0 Å². The fraction of sp³-hybridized carbons (Fsp3) is 0.909. The van der Waals surface area contributed by atoms with Gasteiger partial charge in [0.2, 0.25) is 5.91 Å². The lowest BCUT2D eigenvalue weighted by molar-refractivity contribution is -0.135. The van der Waals surface area contributed by atoms with Crippen LogP contribution in [0.1, 0.15) is 26.7 Å². The number of carbonyl (C=O) groups is 1. The van der Waals surface area contributed by atoms with Crippen LogP contribution < -0.4 is 5.73 Å². The van der Waals surface area contributed by atoms with Crippen molar-refractivity contribution in [1.29, 1.82) is 0 Å². The summed E-state index contributed by atoms with van der Waals surface area (Å²) in [4.78, 5) is 13.9. The summed E-state index contributed by atoms with van der Waals surface area (Å²) in [6, 6.07) is 0. The van der Waals surface area contributed by atoms with E-state index in [4.69, 9.17) is 10.5 Å². The van der Waals surface area contributed by atoms with Crippen LogP contribution in [-0.4, -0.2) is 43.2 Å². The second-order valence-electron chi connectivity index (χ2n) is 4.30. The Labute approximate surface area is 91.8 Å². The molecule has 0 bridgehead atoms. The molecule has 0 radical (unpaired) electrons. The fourth-order valence-electron chi connectivity index (χ4n) is 1.88. The van der Waals surface area contributed by atoms with Crippen molar-refractivity contribution >= 4 is 5.91 Å². The third-order valence-corrected chi connectivity index (χ3v) is 2.79. The number of rotatable bonds is 3. The molecule has 15 heavy (non-hydrogen) atoms. The first-order valence-electron chi connectivity index (χ1n) is 5.75. The average Bonchev–Trinajstić information content (AvgIpc) is 2.42. The first-order chi connectivity index (χ1) is 7.15. The molecule has 1 fully saturated rings. The van der Waals surface area contributed by atoms with Crippen LogP contribution >= 0.6 is 0 Å². The summed E-state index contributed by atoms with van der Waals surface area (Å²) in [5.41, 5.74) is 5.46. The summed E-state index contributed by atoms with van der Waals surface area (Å²) in [7, 11) is 0. The van der Waals surface area contributed by atoms with E-state index in [0.717, 1.165) is 26.0 Å². The van der Waals surface area contributed by atoms with Gasteiger partial charge in [0.25, 0.3) is 0 Å². The minimum Gasteiger partial charge on any atom is -0.377 e. The molecule has 0 aromatic carbocycles. The monoisotopic (exact) mass is 214 g/mol. The van der Waals surface area contributed by atoms with Crippen molar-refractivity contribution in [3.05, 3.63) is 0 Å². The molecule has 1 aliphatic rings. The molecule has 0 aromatic rings. The molecule has 1 heterocycles. The Hall–Kier alpha value is -0.610. The second-order valence-corrected chi connectivity index (χ2v) is 4.30. The van der Waals surface area contributed by atoms with Crippen LogP contribution in [0, 0.1) is 5.92 Å². The second kappa shape index (κ2) is 6.08. The van der Waals surface area contributed by atoms with Crippen LogP contribution in [-0.2, 0) is 9.53 Å². The van der Waals surface area contributed by atoms with Crippen LogP contribution in [0.5, 0.6) is 0 Å². The van der Waals surface area contributed by atoms with Gasteiger partial charge in [0.15, 0.2) is 0 Å². The van der Waals surface area contributed by atoms with Gasteiger partial charge in [-0.25, -0.2) is 0 Å². The van der Waals surface area contributed by atoms with E-state index >= 15 is 0 Å². The van der Waals surface area contributed by atoms with E-state index in [1.165, 1.54) is 0 Å². The maximum Gasteiger partial charge on any atom is 0.225 e. The molecule has 4 nitrogen and oxygen atoms in total. The average molecular weight is 214 g/mol. The highest BCUT2D eigenvalue weighted by Gasteiger charge is 2.23. The molecule has 1 saturated heterocycles. The predicted octanol–water partition coefficient (Wildman–Crippen LogP) is 0.609. The van der Waals surface area contributed by atoms with Gasteiger partial charge < -0.3 is 15.4 Å². The Bertz CT molecular complexity index is 209. The first-order valence-corrected chi connectivity index (χ1v) is 5.75. The topological polar surface area (TPSA) is 55.6 Å². The maximum atomic E-state index is 12.0. The molecule has 0 aliphatic carbocycles. The van der Waals surface area contributed by atoms with Gasteiger partial charge in [-0.05, 0) is 26.3 Å².